The van der Waals surface area contributed by atoms with Crippen molar-refractivity contribution in [1.82, 2.24) is 4.90 Å². The minimum atomic E-state index is -0.285. The summed E-state index contributed by atoms with van der Waals surface area (Å²) in [4.78, 5) is 14.3. The molecule has 1 fully saturated rings. The van der Waals surface area contributed by atoms with Gasteiger partial charge in [-0.05, 0) is 32.0 Å². The molecule has 1 aromatic rings. The number of amides is 1. The zero-order valence-corrected chi connectivity index (χ0v) is 13.1. The Balaban J connectivity index is 2.11. The van der Waals surface area contributed by atoms with Crippen LogP contribution in [0, 0.1) is 0 Å². The molecule has 0 radical (unpaired) electrons. The molecule has 116 valence electrons. The van der Waals surface area contributed by atoms with Gasteiger partial charge in [0.05, 0.1) is 32.8 Å². The van der Waals surface area contributed by atoms with Gasteiger partial charge in [-0.1, -0.05) is 0 Å². The molecule has 2 rings (SSSR count). The SMILES string of the molecule is COc1ccc(OC)c(CC(=O)N2CCOC(C)(C)C2)c1. The molecule has 0 atom stereocenters. The van der Waals surface area contributed by atoms with Gasteiger partial charge in [0.25, 0.3) is 0 Å². The number of carbonyl (C=O) groups is 1. The van der Waals surface area contributed by atoms with E-state index in [0.717, 1.165) is 11.3 Å². The van der Waals surface area contributed by atoms with E-state index in [2.05, 4.69) is 0 Å². The summed E-state index contributed by atoms with van der Waals surface area (Å²) in [5.41, 5.74) is 0.554. The molecule has 0 saturated carbocycles. The normalized spacial score (nSPS) is 17.4. The van der Waals surface area contributed by atoms with Crippen molar-refractivity contribution in [1.29, 1.82) is 0 Å². The third kappa shape index (κ3) is 3.88. The Morgan fingerprint density at radius 2 is 2.10 bits per heavy atom. The number of nitrogens with zero attached hydrogens (tertiary/aromatic N) is 1. The number of hydrogen-bond donors (Lipinski definition) is 0. The third-order valence-corrected chi connectivity index (χ3v) is 3.61. The lowest BCUT2D eigenvalue weighted by molar-refractivity contribution is -0.145. The number of morpholine rings is 1. The minimum absolute atomic E-state index is 0.0814. The van der Waals surface area contributed by atoms with E-state index in [9.17, 15) is 4.79 Å². The summed E-state index contributed by atoms with van der Waals surface area (Å²) in [5.74, 6) is 1.51. The van der Waals surface area contributed by atoms with Crippen molar-refractivity contribution in [2.75, 3.05) is 33.9 Å². The van der Waals surface area contributed by atoms with Crippen LogP contribution in [0.2, 0.25) is 0 Å². The van der Waals surface area contributed by atoms with E-state index in [0.29, 0.717) is 31.9 Å². The van der Waals surface area contributed by atoms with E-state index in [1.807, 2.05) is 36.9 Å². The first-order valence-electron chi connectivity index (χ1n) is 7.08. The maximum atomic E-state index is 12.5. The average Bonchev–Trinajstić information content (AvgIpc) is 2.46. The first kappa shape index (κ1) is 15.6. The molecule has 1 aromatic carbocycles. The maximum absolute atomic E-state index is 12.5. The molecule has 1 aliphatic heterocycles. The largest absolute Gasteiger partial charge is 0.497 e. The molecule has 21 heavy (non-hydrogen) atoms. The lowest BCUT2D eigenvalue weighted by Crippen LogP contribution is -2.51. The van der Waals surface area contributed by atoms with Gasteiger partial charge in [-0.2, -0.15) is 0 Å². The molecule has 1 amide bonds. The number of hydrogen-bond acceptors (Lipinski definition) is 4. The van der Waals surface area contributed by atoms with Crippen LogP contribution in [0.15, 0.2) is 18.2 Å². The van der Waals surface area contributed by atoms with Gasteiger partial charge in [0, 0.05) is 18.7 Å². The standard InChI is InChI=1S/C16H23NO4/c1-16(2)11-17(7-8-21-16)15(18)10-12-9-13(19-3)5-6-14(12)20-4/h5-6,9H,7-8,10-11H2,1-4H3. The van der Waals surface area contributed by atoms with Crippen LogP contribution in [0.3, 0.4) is 0 Å². The maximum Gasteiger partial charge on any atom is 0.227 e. The fraction of sp³-hybridized carbons (Fsp3) is 0.562. The van der Waals surface area contributed by atoms with Crippen LogP contribution in [0.25, 0.3) is 0 Å². The number of benzene rings is 1. The summed E-state index contributed by atoms with van der Waals surface area (Å²) in [6, 6.07) is 5.50. The van der Waals surface area contributed by atoms with Crippen LogP contribution >= 0.6 is 0 Å². The van der Waals surface area contributed by atoms with Crippen molar-refractivity contribution < 1.29 is 19.0 Å². The Morgan fingerprint density at radius 3 is 2.71 bits per heavy atom. The summed E-state index contributed by atoms with van der Waals surface area (Å²) < 4.78 is 16.2. The van der Waals surface area contributed by atoms with Crippen molar-refractivity contribution in [3.05, 3.63) is 23.8 Å². The van der Waals surface area contributed by atoms with Crippen molar-refractivity contribution in [2.24, 2.45) is 0 Å². The number of methoxy groups -OCH3 is 2. The van der Waals surface area contributed by atoms with Crippen molar-refractivity contribution >= 4 is 5.91 Å². The summed E-state index contributed by atoms with van der Waals surface area (Å²) in [5, 5.41) is 0. The quantitative estimate of drug-likeness (QED) is 0.850. The fourth-order valence-electron chi connectivity index (χ4n) is 2.52. The fourth-order valence-corrected chi connectivity index (χ4v) is 2.52. The van der Waals surface area contributed by atoms with Gasteiger partial charge in [0.1, 0.15) is 11.5 Å². The highest BCUT2D eigenvalue weighted by Gasteiger charge is 2.30. The lowest BCUT2D eigenvalue weighted by Gasteiger charge is -2.38. The molecule has 0 N–H and O–H groups in total. The zero-order valence-electron chi connectivity index (χ0n) is 13.1. The molecule has 0 aliphatic carbocycles. The number of ether oxygens (including phenoxy) is 3. The second kappa shape index (κ2) is 6.35. The Labute approximate surface area is 125 Å². The summed E-state index contributed by atoms with van der Waals surface area (Å²) in [7, 11) is 3.21. The van der Waals surface area contributed by atoms with Crippen LogP contribution in [0.1, 0.15) is 19.4 Å². The average molecular weight is 293 g/mol. The van der Waals surface area contributed by atoms with E-state index < -0.39 is 0 Å². The van der Waals surface area contributed by atoms with Crippen LogP contribution in [0.4, 0.5) is 0 Å². The highest BCUT2D eigenvalue weighted by atomic mass is 16.5. The second-order valence-electron chi connectivity index (χ2n) is 5.78. The van der Waals surface area contributed by atoms with E-state index in [1.165, 1.54) is 0 Å². The second-order valence-corrected chi connectivity index (χ2v) is 5.78. The molecule has 0 aromatic heterocycles. The van der Waals surface area contributed by atoms with Crippen LogP contribution in [-0.2, 0) is 16.0 Å². The number of carbonyl (C=O) groups excluding carboxylic acids is 1. The Morgan fingerprint density at radius 1 is 1.33 bits per heavy atom. The van der Waals surface area contributed by atoms with Gasteiger partial charge in [-0.3, -0.25) is 4.79 Å². The van der Waals surface area contributed by atoms with Gasteiger partial charge in [0.15, 0.2) is 0 Å². The van der Waals surface area contributed by atoms with Crippen molar-refractivity contribution in [3.8, 4) is 11.5 Å². The van der Waals surface area contributed by atoms with Crippen LogP contribution in [0.5, 0.6) is 11.5 Å². The first-order chi connectivity index (χ1) is 9.95. The smallest absolute Gasteiger partial charge is 0.227 e. The molecule has 0 spiro atoms. The molecule has 1 aliphatic rings. The number of rotatable bonds is 4. The lowest BCUT2D eigenvalue weighted by atomic mass is 10.1. The summed E-state index contributed by atoms with van der Waals surface area (Å²) in [6.45, 7) is 5.82. The highest BCUT2D eigenvalue weighted by Crippen LogP contribution is 2.25. The van der Waals surface area contributed by atoms with E-state index >= 15 is 0 Å². The van der Waals surface area contributed by atoms with Gasteiger partial charge in [-0.15, -0.1) is 0 Å². The molecular weight excluding hydrogens is 270 g/mol. The Hall–Kier alpha value is -1.75. The summed E-state index contributed by atoms with van der Waals surface area (Å²) >= 11 is 0. The van der Waals surface area contributed by atoms with E-state index in [1.54, 1.807) is 14.2 Å². The van der Waals surface area contributed by atoms with Crippen LogP contribution < -0.4 is 9.47 Å². The Kier molecular flexibility index (Phi) is 4.73. The molecule has 0 unspecified atom stereocenters. The van der Waals surface area contributed by atoms with Gasteiger partial charge in [0.2, 0.25) is 5.91 Å². The van der Waals surface area contributed by atoms with Gasteiger partial charge < -0.3 is 19.1 Å². The molecule has 5 heteroatoms. The predicted octanol–water partition coefficient (Wildman–Crippen LogP) is 1.88. The monoisotopic (exact) mass is 293 g/mol. The molecule has 5 nitrogen and oxygen atoms in total. The topological polar surface area (TPSA) is 48.0 Å². The van der Waals surface area contributed by atoms with Gasteiger partial charge in [-0.25, -0.2) is 0 Å². The third-order valence-electron chi connectivity index (χ3n) is 3.61. The molecular formula is C16H23NO4. The summed E-state index contributed by atoms with van der Waals surface area (Å²) in [6.07, 6.45) is 0.302. The zero-order chi connectivity index (χ0) is 15.5. The highest BCUT2D eigenvalue weighted by molar-refractivity contribution is 5.80. The first-order valence-corrected chi connectivity index (χ1v) is 7.08. The molecule has 1 heterocycles. The van der Waals surface area contributed by atoms with E-state index in [4.69, 9.17) is 14.2 Å². The van der Waals surface area contributed by atoms with Crippen LogP contribution in [-0.4, -0.2) is 50.3 Å². The van der Waals surface area contributed by atoms with Crippen molar-refractivity contribution in [3.63, 3.8) is 0 Å². The molecule has 0 bridgehead atoms. The van der Waals surface area contributed by atoms with E-state index in [-0.39, 0.29) is 11.5 Å². The van der Waals surface area contributed by atoms with Gasteiger partial charge >= 0.3 is 0 Å². The minimum Gasteiger partial charge on any atom is -0.497 e. The molecule has 1 saturated heterocycles. The Bertz CT molecular complexity index is 513. The predicted molar refractivity (Wildman–Crippen MR) is 79.9 cm³/mol. The van der Waals surface area contributed by atoms with Crippen molar-refractivity contribution in [2.45, 2.75) is 25.9 Å².